The summed E-state index contributed by atoms with van der Waals surface area (Å²) in [5.74, 6) is -1.53. The second kappa shape index (κ2) is 11.1. The molecule has 2 atom stereocenters. The van der Waals surface area contributed by atoms with Gasteiger partial charge in [-0.2, -0.15) is 8.78 Å². The van der Waals surface area contributed by atoms with Crippen LogP contribution in [0, 0.1) is 17.6 Å². The number of rotatable bonds is 10. The molecule has 0 fully saturated rings. The Kier molecular flexibility index (Phi) is 8.30. The molecule has 3 rings (SSSR count). The van der Waals surface area contributed by atoms with E-state index in [9.17, 15) is 8.78 Å². The molecular weight excluding hydrogens is 382 g/mol. The summed E-state index contributed by atoms with van der Waals surface area (Å²) in [4.78, 5) is 0. The maximum atomic E-state index is 14.2. The molecule has 0 bridgehead atoms. The van der Waals surface area contributed by atoms with Gasteiger partial charge < -0.3 is 9.47 Å². The largest absolute Gasteiger partial charge is 0.491 e. The van der Waals surface area contributed by atoms with E-state index in [1.807, 2.05) is 0 Å². The Morgan fingerprint density at radius 2 is 1.53 bits per heavy atom. The van der Waals surface area contributed by atoms with E-state index in [4.69, 9.17) is 9.47 Å². The maximum Gasteiger partial charge on any atom is 0.204 e. The summed E-state index contributed by atoms with van der Waals surface area (Å²) in [6.07, 6.45) is 11.3. The number of unbranched alkanes of at least 4 members (excludes halogenated alkanes) is 2. The molecule has 0 saturated carbocycles. The van der Waals surface area contributed by atoms with Crippen molar-refractivity contribution >= 4 is 0 Å². The zero-order valence-corrected chi connectivity index (χ0v) is 18.0. The van der Waals surface area contributed by atoms with Crippen molar-refractivity contribution < 1.29 is 18.3 Å². The molecule has 0 aliphatic heterocycles. The van der Waals surface area contributed by atoms with E-state index < -0.39 is 11.6 Å². The maximum absolute atomic E-state index is 14.2. The van der Waals surface area contributed by atoms with Crippen LogP contribution >= 0.6 is 0 Å². The summed E-state index contributed by atoms with van der Waals surface area (Å²) < 4.78 is 38.8. The van der Waals surface area contributed by atoms with Gasteiger partial charge in [-0.15, -0.1) is 0 Å². The fourth-order valence-corrected chi connectivity index (χ4v) is 3.89. The van der Waals surface area contributed by atoms with Crippen LogP contribution in [0.4, 0.5) is 8.78 Å². The van der Waals surface area contributed by atoms with Gasteiger partial charge in [-0.25, -0.2) is 0 Å². The van der Waals surface area contributed by atoms with Crippen LogP contribution in [-0.2, 0) is 6.42 Å². The summed E-state index contributed by atoms with van der Waals surface area (Å²) in [6, 6.07) is 11.8. The van der Waals surface area contributed by atoms with Crippen LogP contribution in [0.3, 0.4) is 0 Å². The average Bonchev–Trinajstić information content (AvgIpc) is 2.78. The first-order chi connectivity index (χ1) is 14.6. The van der Waals surface area contributed by atoms with E-state index in [1.165, 1.54) is 42.5 Å². The third-order valence-electron chi connectivity index (χ3n) is 5.71. The Bertz CT molecular complexity index is 830. The molecule has 1 aliphatic carbocycles. The van der Waals surface area contributed by atoms with Gasteiger partial charge >= 0.3 is 0 Å². The molecular formula is C26H32F2O2. The van der Waals surface area contributed by atoms with Gasteiger partial charge in [0.2, 0.25) is 11.6 Å². The molecule has 2 aromatic carbocycles. The molecule has 0 heterocycles. The summed E-state index contributed by atoms with van der Waals surface area (Å²) in [5, 5.41) is 0. The predicted molar refractivity (Wildman–Crippen MR) is 117 cm³/mol. The SMILES string of the molecule is CCCCCc1ccc(C2C=CC(COc3ccc(OCC)c(F)c3F)CC2)cc1. The number of hydrogen-bond donors (Lipinski definition) is 0. The zero-order valence-electron chi connectivity index (χ0n) is 18.0. The first-order valence-corrected chi connectivity index (χ1v) is 11.1. The van der Waals surface area contributed by atoms with Crippen LogP contribution in [0.15, 0.2) is 48.6 Å². The van der Waals surface area contributed by atoms with Crippen LogP contribution < -0.4 is 9.47 Å². The van der Waals surface area contributed by atoms with Crippen LogP contribution in [0.25, 0.3) is 0 Å². The number of ether oxygens (including phenoxy) is 2. The van der Waals surface area contributed by atoms with E-state index in [0.717, 1.165) is 19.3 Å². The van der Waals surface area contributed by atoms with E-state index >= 15 is 0 Å². The van der Waals surface area contributed by atoms with Crippen molar-refractivity contribution in [2.75, 3.05) is 13.2 Å². The van der Waals surface area contributed by atoms with Crippen LogP contribution in [0.1, 0.15) is 63.0 Å². The predicted octanol–water partition coefficient (Wildman–Crippen LogP) is 7.23. The Morgan fingerprint density at radius 1 is 0.833 bits per heavy atom. The lowest BCUT2D eigenvalue weighted by Gasteiger charge is -2.23. The van der Waals surface area contributed by atoms with Crippen molar-refractivity contribution in [1.29, 1.82) is 0 Å². The Morgan fingerprint density at radius 3 is 2.13 bits per heavy atom. The summed E-state index contributed by atoms with van der Waals surface area (Å²) >= 11 is 0. The molecule has 162 valence electrons. The fourth-order valence-electron chi connectivity index (χ4n) is 3.89. The highest BCUT2D eigenvalue weighted by Crippen LogP contribution is 2.32. The Hall–Kier alpha value is -2.36. The lowest BCUT2D eigenvalue weighted by atomic mass is 9.84. The van der Waals surface area contributed by atoms with Crippen LogP contribution in [-0.4, -0.2) is 13.2 Å². The number of allylic oxidation sites excluding steroid dienone is 1. The molecule has 1 aliphatic rings. The first-order valence-electron chi connectivity index (χ1n) is 11.1. The molecule has 4 heteroatoms. The molecule has 0 radical (unpaired) electrons. The molecule has 2 aromatic rings. The highest BCUT2D eigenvalue weighted by Gasteiger charge is 2.20. The molecule has 0 aromatic heterocycles. The lowest BCUT2D eigenvalue weighted by molar-refractivity contribution is 0.243. The van der Waals surface area contributed by atoms with Crippen molar-refractivity contribution in [3.8, 4) is 11.5 Å². The zero-order chi connectivity index (χ0) is 21.3. The van der Waals surface area contributed by atoms with E-state index in [2.05, 4.69) is 43.3 Å². The lowest BCUT2D eigenvalue weighted by Crippen LogP contribution is -2.15. The van der Waals surface area contributed by atoms with Gasteiger partial charge in [0, 0.05) is 11.8 Å². The Labute approximate surface area is 178 Å². The number of benzene rings is 2. The quantitative estimate of drug-likeness (QED) is 0.302. The molecule has 2 unspecified atom stereocenters. The van der Waals surface area contributed by atoms with Crippen LogP contribution in [0.5, 0.6) is 11.5 Å². The van der Waals surface area contributed by atoms with E-state index in [1.54, 1.807) is 6.92 Å². The Balaban J connectivity index is 1.52. The summed E-state index contributed by atoms with van der Waals surface area (Å²) in [6.45, 7) is 4.58. The van der Waals surface area contributed by atoms with Crippen LogP contribution in [0.2, 0.25) is 0 Å². The van der Waals surface area contributed by atoms with Crippen molar-refractivity contribution in [2.45, 2.75) is 58.3 Å². The van der Waals surface area contributed by atoms with Gasteiger partial charge in [-0.05, 0) is 55.9 Å². The van der Waals surface area contributed by atoms with E-state index in [-0.39, 0.29) is 24.0 Å². The third-order valence-corrected chi connectivity index (χ3v) is 5.71. The highest BCUT2D eigenvalue weighted by molar-refractivity contribution is 5.35. The number of hydrogen-bond acceptors (Lipinski definition) is 2. The summed E-state index contributed by atoms with van der Waals surface area (Å²) in [7, 11) is 0. The standard InChI is InChI=1S/C26H32F2O2/c1-3-5-6-7-19-8-12-21(13-9-19)22-14-10-20(11-15-22)18-30-24-17-16-23(29-4-2)25(27)26(24)28/h8-10,12-14,16-17,20,22H,3-7,11,15,18H2,1-2H3. The molecule has 30 heavy (non-hydrogen) atoms. The van der Waals surface area contributed by atoms with Crippen molar-refractivity contribution in [3.05, 3.63) is 71.3 Å². The van der Waals surface area contributed by atoms with E-state index in [0.29, 0.717) is 12.5 Å². The second-order valence-corrected chi connectivity index (χ2v) is 7.96. The molecule has 0 saturated heterocycles. The first kappa shape index (κ1) is 22.3. The average molecular weight is 415 g/mol. The monoisotopic (exact) mass is 414 g/mol. The summed E-state index contributed by atoms with van der Waals surface area (Å²) in [5.41, 5.74) is 2.74. The minimum atomic E-state index is -0.994. The number of aryl methyl sites for hydroxylation is 1. The van der Waals surface area contributed by atoms with Gasteiger partial charge in [0.25, 0.3) is 0 Å². The van der Waals surface area contributed by atoms with Gasteiger partial charge in [-0.3, -0.25) is 0 Å². The minimum Gasteiger partial charge on any atom is -0.491 e. The van der Waals surface area contributed by atoms with Gasteiger partial charge in [0.1, 0.15) is 0 Å². The van der Waals surface area contributed by atoms with Crippen molar-refractivity contribution in [1.82, 2.24) is 0 Å². The van der Waals surface area contributed by atoms with Gasteiger partial charge in [-0.1, -0.05) is 56.2 Å². The highest BCUT2D eigenvalue weighted by atomic mass is 19.2. The number of halogens is 2. The minimum absolute atomic E-state index is 0.0647. The fraction of sp³-hybridized carbons (Fsp3) is 0.462. The molecule has 0 spiro atoms. The smallest absolute Gasteiger partial charge is 0.204 e. The third kappa shape index (κ3) is 5.84. The molecule has 0 amide bonds. The van der Waals surface area contributed by atoms with Gasteiger partial charge in [0.15, 0.2) is 11.5 Å². The normalized spacial score (nSPS) is 18.4. The molecule has 2 nitrogen and oxygen atoms in total. The second-order valence-electron chi connectivity index (χ2n) is 7.96. The van der Waals surface area contributed by atoms with Gasteiger partial charge in [0.05, 0.1) is 13.2 Å². The topological polar surface area (TPSA) is 18.5 Å². The van der Waals surface area contributed by atoms with Crippen molar-refractivity contribution in [2.24, 2.45) is 5.92 Å². The molecule has 0 N–H and O–H groups in total. The van der Waals surface area contributed by atoms with Crippen molar-refractivity contribution in [3.63, 3.8) is 0 Å².